The van der Waals surface area contributed by atoms with E-state index in [1.54, 1.807) is 0 Å². The molecular formula is C17H25ClF2N2O. The lowest BCUT2D eigenvalue weighted by Crippen LogP contribution is -2.35. The van der Waals surface area contributed by atoms with E-state index in [2.05, 4.69) is 5.32 Å². The van der Waals surface area contributed by atoms with Gasteiger partial charge in [-0.15, -0.1) is 12.4 Å². The van der Waals surface area contributed by atoms with E-state index in [0.29, 0.717) is 12.3 Å². The number of alkyl halides is 2. The Morgan fingerprint density at radius 2 is 1.87 bits per heavy atom. The highest BCUT2D eigenvalue weighted by molar-refractivity contribution is 5.85. The molecule has 0 atom stereocenters. The first-order valence-electron chi connectivity index (χ1n) is 7.95. The van der Waals surface area contributed by atoms with Gasteiger partial charge < -0.3 is 10.2 Å². The number of halogens is 3. The Morgan fingerprint density at radius 1 is 1.22 bits per heavy atom. The third kappa shape index (κ3) is 7.27. The molecule has 1 heterocycles. The minimum atomic E-state index is -2.49. The van der Waals surface area contributed by atoms with Crippen LogP contribution in [0.25, 0.3) is 0 Å². The monoisotopic (exact) mass is 346 g/mol. The Balaban J connectivity index is 0.00000264. The summed E-state index contributed by atoms with van der Waals surface area (Å²) in [5, 5.41) is 3.29. The van der Waals surface area contributed by atoms with Gasteiger partial charge in [0.2, 0.25) is 5.91 Å². The molecule has 0 aliphatic carbocycles. The van der Waals surface area contributed by atoms with E-state index in [9.17, 15) is 13.6 Å². The second kappa shape index (κ2) is 10.6. The van der Waals surface area contributed by atoms with Gasteiger partial charge in [-0.3, -0.25) is 4.79 Å². The van der Waals surface area contributed by atoms with Crippen molar-refractivity contribution >= 4 is 18.3 Å². The summed E-state index contributed by atoms with van der Waals surface area (Å²) in [5.41, 5.74) is 0.887. The molecule has 0 spiro atoms. The van der Waals surface area contributed by atoms with Crippen LogP contribution in [-0.2, 0) is 11.3 Å². The minimum Gasteiger partial charge on any atom is -0.333 e. The lowest BCUT2D eigenvalue weighted by atomic mass is 9.93. The molecular weight excluding hydrogens is 322 g/mol. The van der Waals surface area contributed by atoms with Gasteiger partial charge in [-0.05, 0) is 43.8 Å². The van der Waals surface area contributed by atoms with E-state index in [4.69, 9.17) is 0 Å². The van der Waals surface area contributed by atoms with Gasteiger partial charge in [0.25, 0.3) is 6.43 Å². The molecule has 0 aromatic heterocycles. The second-order valence-corrected chi connectivity index (χ2v) is 5.88. The quantitative estimate of drug-likeness (QED) is 0.819. The first-order chi connectivity index (χ1) is 10.6. The molecule has 1 N–H and O–H groups in total. The van der Waals surface area contributed by atoms with Crippen LogP contribution in [0, 0.1) is 5.92 Å². The van der Waals surface area contributed by atoms with Crippen LogP contribution in [-0.4, -0.2) is 36.9 Å². The maximum atomic E-state index is 12.7. The smallest absolute Gasteiger partial charge is 0.255 e. The van der Waals surface area contributed by atoms with Gasteiger partial charge in [0.05, 0.1) is 6.54 Å². The molecule has 1 aromatic rings. The van der Waals surface area contributed by atoms with Crippen molar-refractivity contribution in [3.8, 4) is 0 Å². The number of carbonyl (C=O) groups is 1. The van der Waals surface area contributed by atoms with Crippen molar-refractivity contribution in [2.45, 2.75) is 38.7 Å². The van der Waals surface area contributed by atoms with Gasteiger partial charge in [-0.25, -0.2) is 8.78 Å². The third-order valence-electron chi connectivity index (χ3n) is 4.15. The number of rotatable bonds is 7. The number of amides is 1. The Morgan fingerprint density at radius 3 is 2.48 bits per heavy atom. The third-order valence-corrected chi connectivity index (χ3v) is 4.15. The first-order valence-corrected chi connectivity index (χ1v) is 7.95. The zero-order valence-corrected chi connectivity index (χ0v) is 14.0. The molecule has 2 rings (SSSR count). The predicted octanol–water partition coefficient (Wildman–Crippen LogP) is 3.48. The van der Waals surface area contributed by atoms with E-state index in [1.807, 2.05) is 30.3 Å². The normalized spacial score (nSPS) is 15.3. The largest absolute Gasteiger partial charge is 0.333 e. The number of benzene rings is 1. The lowest BCUT2D eigenvalue weighted by Gasteiger charge is -2.25. The predicted molar refractivity (Wildman–Crippen MR) is 89.9 cm³/mol. The molecule has 1 aliphatic heterocycles. The van der Waals surface area contributed by atoms with Gasteiger partial charge >= 0.3 is 0 Å². The number of nitrogens with one attached hydrogen (secondary N) is 1. The van der Waals surface area contributed by atoms with Gasteiger partial charge in [-0.2, -0.15) is 0 Å². The molecule has 0 saturated carbocycles. The molecule has 0 bridgehead atoms. The van der Waals surface area contributed by atoms with Crippen molar-refractivity contribution in [3.05, 3.63) is 35.9 Å². The van der Waals surface area contributed by atoms with Crippen molar-refractivity contribution in [1.82, 2.24) is 10.2 Å². The van der Waals surface area contributed by atoms with Crippen molar-refractivity contribution in [1.29, 1.82) is 0 Å². The molecule has 3 nitrogen and oxygen atoms in total. The van der Waals surface area contributed by atoms with Gasteiger partial charge in [0, 0.05) is 13.0 Å². The summed E-state index contributed by atoms with van der Waals surface area (Å²) in [6.07, 6.45) is 0.812. The molecule has 23 heavy (non-hydrogen) atoms. The number of nitrogens with zero attached hydrogens (tertiary/aromatic N) is 1. The first kappa shape index (κ1) is 19.8. The lowest BCUT2D eigenvalue weighted by molar-refractivity contribution is -0.134. The molecule has 130 valence electrons. The maximum Gasteiger partial charge on any atom is 0.255 e. The van der Waals surface area contributed by atoms with Crippen LogP contribution in [0.5, 0.6) is 0 Å². The van der Waals surface area contributed by atoms with Crippen molar-refractivity contribution in [2.75, 3.05) is 19.6 Å². The van der Waals surface area contributed by atoms with Crippen LogP contribution in [0.3, 0.4) is 0 Å². The van der Waals surface area contributed by atoms with E-state index in [1.165, 1.54) is 4.90 Å². The highest BCUT2D eigenvalue weighted by Crippen LogP contribution is 2.19. The summed E-state index contributed by atoms with van der Waals surface area (Å²) >= 11 is 0. The fourth-order valence-electron chi connectivity index (χ4n) is 2.88. The molecule has 6 heteroatoms. The van der Waals surface area contributed by atoms with Gasteiger partial charge in [0.15, 0.2) is 0 Å². The van der Waals surface area contributed by atoms with Crippen LogP contribution in [0.2, 0.25) is 0 Å². The molecule has 1 fully saturated rings. The molecule has 1 saturated heterocycles. The van der Waals surface area contributed by atoms with Crippen LogP contribution < -0.4 is 5.32 Å². The summed E-state index contributed by atoms with van der Waals surface area (Å²) in [6.45, 7) is 1.75. The van der Waals surface area contributed by atoms with Crippen LogP contribution >= 0.6 is 12.4 Å². The number of hydrogen-bond acceptors (Lipinski definition) is 2. The second-order valence-electron chi connectivity index (χ2n) is 5.88. The van der Waals surface area contributed by atoms with Crippen LogP contribution in [0.1, 0.15) is 31.2 Å². The highest BCUT2D eigenvalue weighted by atomic mass is 35.5. The fourth-order valence-corrected chi connectivity index (χ4v) is 2.88. The summed E-state index contributed by atoms with van der Waals surface area (Å²) < 4.78 is 25.5. The summed E-state index contributed by atoms with van der Waals surface area (Å²) in [6, 6.07) is 9.31. The van der Waals surface area contributed by atoms with Crippen molar-refractivity contribution in [2.24, 2.45) is 5.92 Å². The number of carbonyl (C=O) groups excluding carboxylic acids is 1. The van der Waals surface area contributed by atoms with Crippen molar-refractivity contribution < 1.29 is 13.6 Å². The minimum absolute atomic E-state index is 0. The zero-order chi connectivity index (χ0) is 15.8. The molecule has 1 amide bonds. The Bertz CT molecular complexity index is 453. The summed E-state index contributed by atoms with van der Waals surface area (Å²) in [4.78, 5) is 13.6. The van der Waals surface area contributed by atoms with Crippen LogP contribution in [0.15, 0.2) is 30.3 Å². The van der Waals surface area contributed by atoms with Gasteiger partial charge in [0.1, 0.15) is 0 Å². The fraction of sp³-hybridized carbons (Fsp3) is 0.588. The van der Waals surface area contributed by atoms with E-state index in [0.717, 1.165) is 37.9 Å². The van der Waals surface area contributed by atoms with Gasteiger partial charge in [-0.1, -0.05) is 30.3 Å². The highest BCUT2D eigenvalue weighted by Gasteiger charge is 2.20. The number of piperidine rings is 1. The number of hydrogen-bond donors (Lipinski definition) is 1. The average molecular weight is 347 g/mol. The van der Waals surface area contributed by atoms with E-state index >= 15 is 0 Å². The molecule has 0 unspecified atom stereocenters. The topological polar surface area (TPSA) is 32.3 Å². The standard InChI is InChI=1S/C17H24F2N2O.ClH/c18-16(19)13-21(12-15-4-2-1-3-5-15)17(22)7-6-14-8-10-20-11-9-14;/h1-5,14,16,20H,6-13H2;1H. The molecule has 0 radical (unpaired) electrons. The molecule has 1 aliphatic rings. The average Bonchev–Trinajstić information content (AvgIpc) is 2.53. The summed E-state index contributed by atoms with van der Waals surface area (Å²) in [5.74, 6) is 0.373. The Hall–Kier alpha value is -1.20. The Labute approximate surface area is 142 Å². The summed E-state index contributed by atoms with van der Waals surface area (Å²) in [7, 11) is 0. The molecule has 1 aromatic carbocycles. The van der Waals surface area contributed by atoms with Crippen LogP contribution in [0.4, 0.5) is 8.78 Å². The Kier molecular flexibility index (Phi) is 9.10. The zero-order valence-electron chi connectivity index (χ0n) is 13.2. The van der Waals surface area contributed by atoms with E-state index < -0.39 is 13.0 Å². The SMILES string of the molecule is Cl.O=C(CCC1CCNCC1)N(Cc1ccccc1)CC(F)F. The van der Waals surface area contributed by atoms with Crippen molar-refractivity contribution in [3.63, 3.8) is 0 Å². The van der Waals surface area contributed by atoms with E-state index in [-0.39, 0.29) is 24.9 Å². The maximum absolute atomic E-state index is 12.7.